The summed E-state index contributed by atoms with van der Waals surface area (Å²) in [4.78, 5) is 2.41. The van der Waals surface area contributed by atoms with Gasteiger partial charge in [-0.3, -0.25) is 0 Å². The molecule has 0 aliphatic carbocycles. The predicted octanol–water partition coefficient (Wildman–Crippen LogP) is 2.16. The van der Waals surface area contributed by atoms with Gasteiger partial charge in [0.15, 0.2) is 6.61 Å². The zero-order valence-electron chi connectivity index (χ0n) is 12.3. The Morgan fingerprint density at radius 2 is 2.35 bits per heavy atom. The molecule has 0 aromatic heterocycles. The average molecular weight is 273 g/mol. The standard InChI is InChI=1S/C16H23N3O/c1-13-10-15(6-8-19(13)2)18-12-14-4-3-5-16(11-14)20-9-7-17/h3-5,11,13,15,18H,6,8-10,12H2,1-2H3. The molecule has 20 heavy (non-hydrogen) atoms. The lowest BCUT2D eigenvalue weighted by Gasteiger charge is -2.35. The summed E-state index contributed by atoms with van der Waals surface area (Å²) in [5.74, 6) is 0.766. The van der Waals surface area contributed by atoms with Crippen LogP contribution < -0.4 is 10.1 Å². The smallest absolute Gasteiger partial charge is 0.174 e. The van der Waals surface area contributed by atoms with Crippen molar-refractivity contribution >= 4 is 0 Å². The van der Waals surface area contributed by atoms with Crippen LogP contribution in [-0.2, 0) is 6.54 Å². The molecular formula is C16H23N3O. The fourth-order valence-electron chi connectivity index (χ4n) is 2.60. The van der Waals surface area contributed by atoms with E-state index in [0.29, 0.717) is 12.1 Å². The van der Waals surface area contributed by atoms with Gasteiger partial charge < -0.3 is 15.0 Å². The van der Waals surface area contributed by atoms with Gasteiger partial charge in [0.1, 0.15) is 11.8 Å². The molecule has 1 aliphatic rings. The van der Waals surface area contributed by atoms with Gasteiger partial charge in [-0.25, -0.2) is 0 Å². The number of hydrogen-bond donors (Lipinski definition) is 1. The van der Waals surface area contributed by atoms with E-state index in [1.54, 1.807) is 0 Å². The average Bonchev–Trinajstić information content (AvgIpc) is 2.47. The molecule has 4 nitrogen and oxygen atoms in total. The summed E-state index contributed by atoms with van der Waals surface area (Å²) in [6.07, 6.45) is 2.40. The molecule has 108 valence electrons. The van der Waals surface area contributed by atoms with Crippen LogP contribution >= 0.6 is 0 Å². The third kappa shape index (κ3) is 4.22. The third-order valence-electron chi connectivity index (χ3n) is 4.01. The first-order valence-electron chi connectivity index (χ1n) is 7.21. The number of benzene rings is 1. The van der Waals surface area contributed by atoms with Crippen molar-refractivity contribution in [2.75, 3.05) is 20.2 Å². The lowest BCUT2D eigenvalue weighted by Crippen LogP contribution is -2.45. The van der Waals surface area contributed by atoms with E-state index in [4.69, 9.17) is 10.00 Å². The van der Waals surface area contributed by atoms with Gasteiger partial charge in [0.2, 0.25) is 0 Å². The molecule has 1 aromatic rings. The molecular weight excluding hydrogens is 250 g/mol. The van der Waals surface area contributed by atoms with E-state index in [1.165, 1.54) is 18.4 Å². The van der Waals surface area contributed by atoms with Gasteiger partial charge in [0, 0.05) is 18.6 Å². The molecule has 2 rings (SSSR count). The molecule has 1 aliphatic heterocycles. The molecule has 0 spiro atoms. The number of likely N-dealkylation sites (tertiary alicyclic amines) is 1. The lowest BCUT2D eigenvalue weighted by atomic mass is 9.99. The van der Waals surface area contributed by atoms with E-state index in [0.717, 1.165) is 18.8 Å². The van der Waals surface area contributed by atoms with Crippen molar-refractivity contribution in [3.05, 3.63) is 29.8 Å². The van der Waals surface area contributed by atoms with E-state index >= 15 is 0 Å². The number of ether oxygens (including phenoxy) is 1. The highest BCUT2D eigenvalue weighted by atomic mass is 16.5. The second-order valence-corrected chi connectivity index (χ2v) is 5.53. The molecule has 0 saturated carbocycles. The second kappa shape index (κ2) is 7.28. The summed E-state index contributed by atoms with van der Waals surface area (Å²) in [7, 11) is 2.19. The Hall–Kier alpha value is -1.57. The van der Waals surface area contributed by atoms with Crippen molar-refractivity contribution in [3.63, 3.8) is 0 Å². The summed E-state index contributed by atoms with van der Waals surface area (Å²) in [6.45, 7) is 4.39. The van der Waals surface area contributed by atoms with E-state index in [2.05, 4.69) is 30.3 Å². The lowest BCUT2D eigenvalue weighted by molar-refractivity contribution is 0.168. The van der Waals surface area contributed by atoms with E-state index in [1.807, 2.05) is 24.3 Å². The molecule has 1 N–H and O–H groups in total. The van der Waals surface area contributed by atoms with Gasteiger partial charge in [-0.15, -0.1) is 0 Å². The summed E-state index contributed by atoms with van der Waals surface area (Å²) in [5, 5.41) is 12.2. The Labute approximate surface area is 121 Å². The van der Waals surface area contributed by atoms with Crippen LogP contribution in [0.15, 0.2) is 24.3 Å². The predicted molar refractivity (Wildman–Crippen MR) is 79.5 cm³/mol. The van der Waals surface area contributed by atoms with E-state index in [9.17, 15) is 0 Å². The van der Waals surface area contributed by atoms with Crippen molar-refractivity contribution in [1.29, 1.82) is 5.26 Å². The first-order chi connectivity index (χ1) is 9.69. The summed E-state index contributed by atoms with van der Waals surface area (Å²) < 4.78 is 5.32. The maximum Gasteiger partial charge on any atom is 0.174 e. The maximum atomic E-state index is 8.53. The number of hydrogen-bond acceptors (Lipinski definition) is 4. The molecule has 0 bridgehead atoms. The first-order valence-corrected chi connectivity index (χ1v) is 7.21. The van der Waals surface area contributed by atoms with Crippen LogP contribution in [-0.4, -0.2) is 37.2 Å². The number of nitriles is 1. The van der Waals surface area contributed by atoms with Gasteiger partial charge in [0.05, 0.1) is 0 Å². The van der Waals surface area contributed by atoms with Crippen LogP contribution in [0.4, 0.5) is 0 Å². The molecule has 0 amide bonds. The summed E-state index contributed by atoms with van der Waals surface area (Å²) >= 11 is 0. The molecule has 1 saturated heterocycles. The minimum Gasteiger partial charge on any atom is -0.479 e. The third-order valence-corrected chi connectivity index (χ3v) is 4.01. The minimum absolute atomic E-state index is 0.101. The van der Waals surface area contributed by atoms with Crippen molar-refractivity contribution < 1.29 is 4.74 Å². The normalized spacial score (nSPS) is 23.2. The molecule has 1 heterocycles. The van der Waals surface area contributed by atoms with Crippen LogP contribution in [0, 0.1) is 11.3 Å². The zero-order valence-corrected chi connectivity index (χ0v) is 12.3. The Morgan fingerprint density at radius 1 is 1.50 bits per heavy atom. The van der Waals surface area contributed by atoms with Crippen LogP contribution in [0.1, 0.15) is 25.3 Å². The van der Waals surface area contributed by atoms with Crippen molar-refractivity contribution in [2.24, 2.45) is 0 Å². The topological polar surface area (TPSA) is 48.3 Å². The molecule has 2 atom stereocenters. The van der Waals surface area contributed by atoms with Gasteiger partial charge in [-0.2, -0.15) is 5.26 Å². The van der Waals surface area contributed by atoms with Crippen molar-refractivity contribution in [1.82, 2.24) is 10.2 Å². The Kier molecular flexibility index (Phi) is 5.40. The molecule has 0 radical (unpaired) electrons. The second-order valence-electron chi connectivity index (χ2n) is 5.53. The molecule has 2 unspecified atom stereocenters. The largest absolute Gasteiger partial charge is 0.479 e. The number of piperidine rings is 1. The van der Waals surface area contributed by atoms with E-state index in [-0.39, 0.29) is 6.61 Å². The highest BCUT2D eigenvalue weighted by Gasteiger charge is 2.21. The SMILES string of the molecule is CC1CC(NCc2cccc(OCC#N)c2)CCN1C. The number of rotatable bonds is 5. The highest BCUT2D eigenvalue weighted by molar-refractivity contribution is 5.28. The highest BCUT2D eigenvalue weighted by Crippen LogP contribution is 2.17. The van der Waals surface area contributed by atoms with Crippen molar-refractivity contribution in [2.45, 2.75) is 38.4 Å². The van der Waals surface area contributed by atoms with Crippen molar-refractivity contribution in [3.8, 4) is 11.8 Å². The van der Waals surface area contributed by atoms with Crippen LogP contribution in [0.2, 0.25) is 0 Å². The van der Waals surface area contributed by atoms with E-state index < -0.39 is 0 Å². The molecule has 1 aromatic carbocycles. The molecule has 4 heteroatoms. The zero-order chi connectivity index (χ0) is 14.4. The Morgan fingerprint density at radius 3 is 3.10 bits per heavy atom. The maximum absolute atomic E-state index is 8.53. The Bertz CT molecular complexity index is 469. The summed E-state index contributed by atoms with van der Waals surface area (Å²) in [5.41, 5.74) is 1.20. The number of nitrogens with zero attached hydrogens (tertiary/aromatic N) is 2. The fourth-order valence-corrected chi connectivity index (χ4v) is 2.60. The monoisotopic (exact) mass is 273 g/mol. The van der Waals surface area contributed by atoms with Crippen LogP contribution in [0.25, 0.3) is 0 Å². The quantitative estimate of drug-likeness (QED) is 0.893. The number of nitrogens with one attached hydrogen (secondary N) is 1. The first kappa shape index (κ1) is 14.8. The van der Waals surface area contributed by atoms with Crippen LogP contribution in [0.5, 0.6) is 5.75 Å². The molecule has 1 fully saturated rings. The Balaban J connectivity index is 1.83. The summed E-state index contributed by atoms with van der Waals surface area (Å²) in [6, 6.07) is 11.2. The van der Waals surface area contributed by atoms with Gasteiger partial charge >= 0.3 is 0 Å². The van der Waals surface area contributed by atoms with Gasteiger partial charge in [-0.05, 0) is 51.1 Å². The minimum atomic E-state index is 0.101. The fraction of sp³-hybridized carbons (Fsp3) is 0.562. The van der Waals surface area contributed by atoms with Crippen LogP contribution in [0.3, 0.4) is 0 Å². The van der Waals surface area contributed by atoms with Gasteiger partial charge in [-0.1, -0.05) is 12.1 Å². The van der Waals surface area contributed by atoms with Gasteiger partial charge in [0.25, 0.3) is 0 Å².